The van der Waals surface area contributed by atoms with Crippen molar-refractivity contribution in [3.8, 4) is 22.8 Å². The molecule has 3 rings (SSSR count). The minimum absolute atomic E-state index is 0.0623. The fourth-order valence-electron chi connectivity index (χ4n) is 2.47. The third kappa shape index (κ3) is 4.61. The molecule has 0 aliphatic heterocycles. The second-order valence-corrected chi connectivity index (χ2v) is 6.62. The van der Waals surface area contributed by atoms with E-state index in [9.17, 15) is 20.0 Å². The maximum atomic E-state index is 12.1. The van der Waals surface area contributed by atoms with Gasteiger partial charge in [0.25, 0.3) is 11.6 Å². The first kappa shape index (κ1) is 20.1. The van der Waals surface area contributed by atoms with Crippen LogP contribution in [0.4, 0.5) is 5.69 Å². The van der Waals surface area contributed by atoms with Crippen molar-refractivity contribution >= 4 is 33.7 Å². The summed E-state index contributed by atoms with van der Waals surface area (Å²) in [7, 11) is 1.40. The van der Waals surface area contributed by atoms with Crippen LogP contribution in [0.1, 0.15) is 16.1 Å². The van der Waals surface area contributed by atoms with Crippen molar-refractivity contribution in [2.24, 2.45) is 5.10 Å². The number of non-ortho nitro benzene ring substituents is 1. The maximum absolute atomic E-state index is 12.1. The normalized spacial score (nSPS) is 10.8. The first-order valence-corrected chi connectivity index (χ1v) is 8.93. The van der Waals surface area contributed by atoms with Crippen LogP contribution < -0.4 is 10.2 Å². The molecule has 0 atom stereocenters. The summed E-state index contributed by atoms with van der Waals surface area (Å²) in [6.07, 6.45) is 1.29. The van der Waals surface area contributed by atoms with Gasteiger partial charge in [0.2, 0.25) is 0 Å². The predicted octanol–water partition coefficient (Wildman–Crippen LogP) is 4.10. The molecule has 0 radical (unpaired) electrons. The van der Waals surface area contributed by atoms with E-state index in [1.807, 2.05) is 0 Å². The quantitative estimate of drug-likeness (QED) is 0.324. The SMILES string of the molecule is COc1cc([N+](=O)[O-])ccc1-c1ccc(/C=N\NC(=O)c2cc(Br)ccc2O)o1. The van der Waals surface area contributed by atoms with E-state index in [1.165, 1.54) is 43.7 Å². The molecule has 0 unspecified atom stereocenters. The molecule has 0 aliphatic rings. The number of amides is 1. The lowest BCUT2D eigenvalue weighted by Gasteiger charge is -2.05. The fraction of sp³-hybridized carbons (Fsp3) is 0.0526. The predicted molar refractivity (Wildman–Crippen MR) is 108 cm³/mol. The van der Waals surface area contributed by atoms with E-state index >= 15 is 0 Å². The van der Waals surface area contributed by atoms with Gasteiger partial charge < -0.3 is 14.3 Å². The lowest BCUT2D eigenvalue weighted by atomic mass is 10.1. The van der Waals surface area contributed by atoms with Gasteiger partial charge in [-0.25, -0.2) is 5.43 Å². The number of phenols is 1. The highest BCUT2D eigenvalue weighted by Gasteiger charge is 2.15. The van der Waals surface area contributed by atoms with Crippen LogP contribution in [-0.2, 0) is 0 Å². The molecule has 9 nitrogen and oxygen atoms in total. The van der Waals surface area contributed by atoms with Crippen molar-refractivity contribution < 1.29 is 24.0 Å². The molecule has 0 aliphatic carbocycles. The smallest absolute Gasteiger partial charge is 0.275 e. The number of carbonyl (C=O) groups is 1. The Kier molecular flexibility index (Phi) is 5.93. The summed E-state index contributed by atoms with van der Waals surface area (Å²) in [5.74, 6) is 0.263. The van der Waals surface area contributed by atoms with Crippen molar-refractivity contribution in [2.75, 3.05) is 7.11 Å². The standard InChI is InChI=1S/C19H14BrN3O6/c1-28-18-9-12(23(26)27)3-5-14(18)17-7-4-13(29-17)10-21-22-19(25)15-8-11(20)2-6-16(15)24/h2-10,24H,1H3,(H,22,25)/b21-10-. The van der Waals surface area contributed by atoms with Gasteiger partial charge in [-0.05, 0) is 36.4 Å². The largest absolute Gasteiger partial charge is 0.507 e. The van der Waals surface area contributed by atoms with Crippen LogP contribution >= 0.6 is 15.9 Å². The average Bonchev–Trinajstić information content (AvgIpc) is 3.17. The molecule has 0 spiro atoms. The summed E-state index contributed by atoms with van der Waals surface area (Å²) >= 11 is 3.23. The van der Waals surface area contributed by atoms with Crippen LogP contribution in [0.25, 0.3) is 11.3 Å². The van der Waals surface area contributed by atoms with E-state index in [-0.39, 0.29) is 22.7 Å². The molecule has 2 N–H and O–H groups in total. The number of carbonyl (C=O) groups excluding carboxylic acids is 1. The number of halogens is 1. The summed E-state index contributed by atoms with van der Waals surface area (Å²) in [5, 5.41) is 24.5. The van der Waals surface area contributed by atoms with Gasteiger partial charge in [0.05, 0.1) is 35.4 Å². The number of aromatic hydroxyl groups is 1. The molecule has 0 saturated heterocycles. The molecule has 2 aromatic carbocycles. The van der Waals surface area contributed by atoms with Gasteiger partial charge in [0.15, 0.2) is 0 Å². The summed E-state index contributed by atoms with van der Waals surface area (Å²) in [6.45, 7) is 0. The van der Waals surface area contributed by atoms with Crippen LogP contribution in [0.15, 0.2) is 62.5 Å². The number of nitro benzene ring substituents is 1. The lowest BCUT2D eigenvalue weighted by molar-refractivity contribution is -0.384. The molecule has 0 fully saturated rings. The number of phenolic OH excluding ortho intramolecular Hbond substituents is 1. The molecule has 10 heteroatoms. The highest BCUT2D eigenvalue weighted by atomic mass is 79.9. The Morgan fingerprint density at radius 3 is 2.79 bits per heavy atom. The molecule has 148 valence electrons. The van der Waals surface area contributed by atoms with Crippen molar-refractivity contribution in [1.29, 1.82) is 0 Å². The number of methoxy groups -OCH3 is 1. The number of furan rings is 1. The Labute approximate surface area is 172 Å². The number of ether oxygens (including phenoxy) is 1. The zero-order valence-electron chi connectivity index (χ0n) is 15.0. The van der Waals surface area contributed by atoms with Gasteiger partial charge in [0, 0.05) is 10.5 Å². The van der Waals surface area contributed by atoms with E-state index in [1.54, 1.807) is 18.2 Å². The number of benzene rings is 2. The average molecular weight is 460 g/mol. The Hall–Kier alpha value is -3.66. The highest BCUT2D eigenvalue weighted by Crippen LogP contribution is 2.34. The second kappa shape index (κ2) is 8.57. The van der Waals surface area contributed by atoms with E-state index in [0.717, 1.165) is 0 Å². The van der Waals surface area contributed by atoms with Crippen LogP contribution in [0.5, 0.6) is 11.5 Å². The van der Waals surface area contributed by atoms with Gasteiger partial charge in [-0.2, -0.15) is 5.10 Å². The number of nitrogens with one attached hydrogen (secondary N) is 1. The van der Waals surface area contributed by atoms with Gasteiger partial charge in [-0.1, -0.05) is 15.9 Å². The Morgan fingerprint density at radius 2 is 2.07 bits per heavy atom. The first-order valence-electron chi connectivity index (χ1n) is 8.13. The molecule has 1 aromatic heterocycles. The van der Waals surface area contributed by atoms with Crippen molar-refractivity contribution in [2.45, 2.75) is 0 Å². The topological polar surface area (TPSA) is 127 Å². The van der Waals surface area contributed by atoms with E-state index in [0.29, 0.717) is 21.6 Å². The molecular weight excluding hydrogens is 446 g/mol. The number of hydrazone groups is 1. The van der Waals surface area contributed by atoms with Crippen LogP contribution in [0, 0.1) is 10.1 Å². The molecule has 0 saturated carbocycles. The van der Waals surface area contributed by atoms with Crippen molar-refractivity contribution in [1.82, 2.24) is 5.43 Å². The third-order valence-corrected chi connectivity index (χ3v) is 4.34. The third-order valence-electron chi connectivity index (χ3n) is 3.85. The highest BCUT2D eigenvalue weighted by molar-refractivity contribution is 9.10. The van der Waals surface area contributed by atoms with Crippen LogP contribution in [0.3, 0.4) is 0 Å². The lowest BCUT2D eigenvalue weighted by Crippen LogP contribution is -2.17. The molecule has 3 aromatic rings. The first-order chi connectivity index (χ1) is 13.9. The monoisotopic (exact) mass is 459 g/mol. The van der Waals surface area contributed by atoms with E-state index < -0.39 is 10.8 Å². The Balaban J connectivity index is 1.74. The minimum Gasteiger partial charge on any atom is -0.507 e. The van der Waals surface area contributed by atoms with Crippen LogP contribution in [-0.4, -0.2) is 29.3 Å². The zero-order chi connectivity index (χ0) is 21.0. The van der Waals surface area contributed by atoms with Gasteiger partial charge in [-0.3, -0.25) is 14.9 Å². The summed E-state index contributed by atoms with van der Waals surface area (Å²) in [4.78, 5) is 22.5. The Bertz CT molecular complexity index is 1110. The summed E-state index contributed by atoms with van der Waals surface area (Å²) in [5.41, 5.74) is 2.79. The molecule has 1 amide bonds. The van der Waals surface area contributed by atoms with E-state index in [4.69, 9.17) is 9.15 Å². The molecule has 1 heterocycles. The van der Waals surface area contributed by atoms with Crippen molar-refractivity contribution in [3.05, 3.63) is 74.4 Å². The number of hydrogen-bond acceptors (Lipinski definition) is 7. The second-order valence-electron chi connectivity index (χ2n) is 5.70. The molecule has 0 bridgehead atoms. The zero-order valence-corrected chi connectivity index (χ0v) is 16.5. The Morgan fingerprint density at radius 1 is 1.28 bits per heavy atom. The maximum Gasteiger partial charge on any atom is 0.275 e. The molecule has 29 heavy (non-hydrogen) atoms. The van der Waals surface area contributed by atoms with E-state index in [2.05, 4.69) is 26.5 Å². The van der Waals surface area contributed by atoms with Gasteiger partial charge in [-0.15, -0.1) is 0 Å². The van der Waals surface area contributed by atoms with Crippen LogP contribution in [0.2, 0.25) is 0 Å². The minimum atomic E-state index is -0.594. The number of nitrogens with zero attached hydrogens (tertiary/aromatic N) is 2. The molecular formula is C19H14BrN3O6. The van der Waals surface area contributed by atoms with Crippen molar-refractivity contribution in [3.63, 3.8) is 0 Å². The fourth-order valence-corrected chi connectivity index (χ4v) is 2.83. The van der Waals surface area contributed by atoms with Gasteiger partial charge in [0.1, 0.15) is 23.0 Å². The van der Waals surface area contributed by atoms with Gasteiger partial charge >= 0.3 is 0 Å². The summed E-state index contributed by atoms with van der Waals surface area (Å²) in [6, 6.07) is 11.9. The number of rotatable bonds is 6. The number of nitro groups is 1. The summed E-state index contributed by atoms with van der Waals surface area (Å²) < 4.78 is 11.5. The number of hydrogen-bond donors (Lipinski definition) is 2.